The highest BCUT2D eigenvalue weighted by Gasteiger charge is 2.32. The van der Waals surface area contributed by atoms with Crippen LogP contribution in [-0.4, -0.2) is 52.4 Å². The molecule has 0 aromatic carbocycles. The average molecular weight is 289 g/mol. The van der Waals surface area contributed by atoms with Crippen molar-refractivity contribution in [2.75, 3.05) is 19.6 Å². The van der Waals surface area contributed by atoms with Gasteiger partial charge in [0, 0.05) is 37.8 Å². The van der Waals surface area contributed by atoms with Crippen molar-refractivity contribution in [3.63, 3.8) is 0 Å². The summed E-state index contributed by atoms with van der Waals surface area (Å²) >= 11 is 0. The summed E-state index contributed by atoms with van der Waals surface area (Å²) in [4.78, 5) is 30.8. The molecule has 1 aromatic heterocycles. The molecule has 1 amide bonds. The van der Waals surface area contributed by atoms with E-state index in [-0.39, 0.29) is 11.5 Å². The highest BCUT2D eigenvalue weighted by molar-refractivity contribution is 5.92. The quantitative estimate of drug-likeness (QED) is 0.897. The standard InChI is InChI=1S/C16H23N3O2/c1-12-11-18(9-10-19(12)13-5-2-3-6-13)16(21)14-7-4-8-15(20)17-14/h4,7-8,12-13H,2-3,5-6,9-11H2,1H3,(H,17,20). The molecule has 1 unspecified atom stereocenters. The van der Waals surface area contributed by atoms with Crippen molar-refractivity contribution in [2.45, 2.75) is 44.7 Å². The number of hydrogen-bond donors (Lipinski definition) is 1. The van der Waals surface area contributed by atoms with E-state index in [2.05, 4.69) is 16.8 Å². The number of nitrogens with one attached hydrogen (secondary N) is 1. The monoisotopic (exact) mass is 289 g/mol. The van der Waals surface area contributed by atoms with Gasteiger partial charge in [0.05, 0.1) is 0 Å². The van der Waals surface area contributed by atoms with Crippen molar-refractivity contribution in [1.82, 2.24) is 14.8 Å². The summed E-state index contributed by atoms with van der Waals surface area (Å²) in [5.74, 6) is -0.0642. The molecule has 1 aliphatic heterocycles. The number of hydrogen-bond acceptors (Lipinski definition) is 3. The summed E-state index contributed by atoms with van der Waals surface area (Å²) in [5, 5.41) is 0. The molecule has 0 spiro atoms. The van der Waals surface area contributed by atoms with Gasteiger partial charge in [0.1, 0.15) is 5.69 Å². The van der Waals surface area contributed by atoms with Gasteiger partial charge in [-0.3, -0.25) is 14.5 Å². The second kappa shape index (κ2) is 6.02. The van der Waals surface area contributed by atoms with E-state index in [9.17, 15) is 9.59 Å². The number of pyridine rings is 1. The molecule has 1 aliphatic carbocycles. The highest BCUT2D eigenvalue weighted by Crippen LogP contribution is 2.26. The first-order chi connectivity index (χ1) is 10.1. The van der Waals surface area contributed by atoms with Gasteiger partial charge in [-0.05, 0) is 25.8 Å². The fourth-order valence-corrected chi connectivity index (χ4v) is 3.68. The third-order valence-corrected chi connectivity index (χ3v) is 4.76. The van der Waals surface area contributed by atoms with Crippen molar-refractivity contribution in [2.24, 2.45) is 0 Å². The van der Waals surface area contributed by atoms with E-state index in [0.717, 1.165) is 19.6 Å². The third-order valence-electron chi connectivity index (χ3n) is 4.76. The van der Waals surface area contributed by atoms with Crippen LogP contribution in [0.5, 0.6) is 0 Å². The summed E-state index contributed by atoms with van der Waals surface area (Å²) in [7, 11) is 0. The van der Waals surface area contributed by atoms with Crippen molar-refractivity contribution in [3.05, 3.63) is 34.2 Å². The summed E-state index contributed by atoms with van der Waals surface area (Å²) in [6, 6.07) is 5.83. The average Bonchev–Trinajstić information content (AvgIpc) is 3.00. The lowest BCUT2D eigenvalue weighted by atomic mass is 10.1. The molecule has 0 bridgehead atoms. The number of nitrogens with zero attached hydrogens (tertiary/aromatic N) is 2. The molecule has 1 saturated heterocycles. The second-order valence-corrected chi connectivity index (χ2v) is 6.21. The Kier molecular flexibility index (Phi) is 4.10. The fourth-order valence-electron chi connectivity index (χ4n) is 3.68. The number of rotatable bonds is 2. The lowest BCUT2D eigenvalue weighted by Gasteiger charge is -2.43. The Bertz CT molecular complexity index is 563. The van der Waals surface area contributed by atoms with E-state index < -0.39 is 0 Å². The van der Waals surface area contributed by atoms with Gasteiger partial charge in [-0.1, -0.05) is 18.9 Å². The van der Waals surface area contributed by atoms with Gasteiger partial charge in [-0.25, -0.2) is 0 Å². The Hall–Kier alpha value is -1.62. The van der Waals surface area contributed by atoms with Crippen LogP contribution in [0.1, 0.15) is 43.1 Å². The van der Waals surface area contributed by atoms with Crippen LogP contribution in [-0.2, 0) is 0 Å². The molecule has 3 rings (SSSR count). The van der Waals surface area contributed by atoms with E-state index in [1.165, 1.54) is 31.7 Å². The predicted molar refractivity (Wildman–Crippen MR) is 81.4 cm³/mol. The maximum Gasteiger partial charge on any atom is 0.270 e. The number of aromatic nitrogens is 1. The van der Waals surface area contributed by atoms with Crippen molar-refractivity contribution in [3.8, 4) is 0 Å². The SMILES string of the molecule is CC1CN(C(=O)c2cccc(=O)[nH]2)CCN1C1CCCC1. The summed E-state index contributed by atoms with van der Waals surface area (Å²) in [5.41, 5.74) is 0.169. The maximum absolute atomic E-state index is 12.5. The number of piperazine rings is 1. The van der Waals surface area contributed by atoms with E-state index in [4.69, 9.17) is 0 Å². The Morgan fingerprint density at radius 3 is 2.67 bits per heavy atom. The van der Waals surface area contributed by atoms with Gasteiger partial charge < -0.3 is 9.88 Å². The Morgan fingerprint density at radius 1 is 1.24 bits per heavy atom. The van der Waals surface area contributed by atoms with Gasteiger partial charge >= 0.3 is 0 Å². The van der Waals surface area contributed by atoms with E-state index in [1.54, 1.807) is 12.1 Å². The van der Waals surface area contributed by atoms with Crippen LogP contribution < -0.4 is 5.56 Å². The number of amides is 1. The van der Waals surface area contributed by atoms with E-state index >= 15 is 0 Å². The largest absolute Gasteiger partial charge is 0.335 e. The van der Waals surface area contributed by atoms with Crippen LogP contribution in [0.3, 0.4) is 0 Å². The minimum Gasteiger partial charge on any atom is -0.335 e. The van der Waals surface area contributed by atoms with Crippen LogP contribution >= 0.6 is 0 Å². The van der Waals surface area contributed by atoms with Crippen molar-refractivity contribution in [1.29, 1.82) is 0 Å². The molecule has 1 atom stereocenters. The van der Waals surface area contributed by atoms with Crippen LogP contribution in [0.2, 0.25) is 0 Å². The normalized spacial score (nSPS) is 24.4. The molecule has 114 valence electrons. The molecule has 1 aromatic rings. The molecule has 0 radical (unpaired) electrons. The molecule has 5 nitrogen and oxygen atoms in total. The summed E-state index contributed by atoms with van der Waals surface area (Å²) in [6.07, 6.45) is 5.26. The lowest BCUT2D eigenvalue weighted by molar-refractivity contribution is 0.0377. The first-order valence-corrected chi connectivity index (χ1v) is 7.89. The Balaban J connectivity index is 1.66. The topological polar surface area (TPSA) is 56.4 Å². The van der Waals surface area contributed by atoms with Gasteiger partial charge in [0.2, 0.25) is 5.56 Å². The van der Waals surface area contributed by atoms with Crippen molar-refractivity contribution >= 4 is 5.91 Å². The zero-order valence-corrected chi connectivity index (χ0v) is 12.5. The minimum absolute atomic E-state index is 0.0642. The molecule has 5 heteroatoms. The summed E-state index contributed by atoms with van der Waals surface area (Å²) in [6.45, 7) is 4.63. The molecule has 1 N–H and O–H groups in total. The number of carbonyl (C=O) groups is 1. The summed E-state index contributed by atoms with van der Waals surface area (Å²) < 4.78 is 0. The molecular formula is C16H23N3O2. The van der Waals surface area contributed by atoms with Gasteiger partial charge in [0.25, 0.3) is 5.91 Å². The van der Waals surface area contributed by atoms with E-state index in [0.29, 0.717) is 17.8 Å². The molecule has 1 saturated carbocycles. The first-order valence-electron chi connectivity index (χ1n) is 7.89. The van der Waals surface area contributed by atoms with Gasteiger partial charge in [-0.15, -0.1) is 0 Å². The van der Waals surface area contributed by atoms with Crippen LogP contribution in [0.4, 0.5) is 0 Å². The number of H-pyrrole nitrogens is 1. The zero-order chi connectivity index (χ0) is 14.8. The zero-order valence-electron chi connectivity index (χ0n) is 12.5. The van der Waals surface area contributed by atoms with Crippen LogP contribution in [0, 0.1) is 0 Å². The number of carbonyl (C=O) groups excluding carboxylic acids is 1. The third kappa shape index (κ3) is 3.02. The first kappa shape index (κ1) is 14.3. The van der Waals surface area contributed by atoms with E-state index in [1.807, 2.05) is 4.90 Å². The molecule has 2 aliphatic rings. The maximum atomic E-state index is 12.5. The molecular weight excluding hydrogens is 266 g/mol. The number of aromatic amines is 1. The highest BCUT2D eigenvalue weighted by atomic mass is 16.2. The molecule has 2 heterocycles. The molecule has 2 fully saturated rings. The molecule has 21 heavy (non-hydrogen) atoms. The Morgan fingerprint density at radius 2 is 2.00 bits per heavy atom. The van der Waals surface area contributed by atoms with Crippen molar-refractivity contribution < 1.29 is 4.79 Å². The van der Waals surface area contributed by atoms with Crippen LogP contribution in [0.25, 0.3) is 0 Å². The second-order valence-electron chi connectivity index (χ2n) is 6.21. The minimum atomic E-state index is -0.224. The predicted octanol–water partition coefficient (Wildman–Crippen LogP) is 1.46. The Labute approximate surface area is 124 Å². The van der Waals surface area contributed by atoms with Gasteiger partial charge in [0.15, 0.2) is 0 Å². The smallest absolute Gasteiger partial charge is 0.270 e. The van der Waals surface area contributed by atoms with Gasteiger partial charge in [-0.2, -0.15) is 0 Å². The van der Waals surface area contributed by atoms with Crippen LogP contribution in [0.15, 0.2) is 23.0 Å². The fraction of sp³-hybridized carbons (Fsp3) is 0.625. The lowest BCUT2D eigenvalue weighted by Crippen LogP contribution is -2.56.